The fourth-order valence-corrected chi connectivity index (χ4v) is 4.02. The molecule has 1 aliphatic heterocycles. The van der Waals surface area contributed by atoms with Gasteiger partial charge < -0.3 is 15.5 Å². The van der Waals surface area contributed by atoms with Crippen LogP contribution in [0.25, 0.3) is 0 Å². The van der Waals surface area contributed by atoms with Crippen molar-refractivity contribution in [1.29, 1.82) is 0 Å². The molecule has 0 amide bonds. The third-order valence-corrected chi connectivity index (χ3v) is 6.04. The molecule has 4 rings (SSSR count). The minimum Gasteiger partial charge on any atom is -0.356 e. The molecule has 7 nitrogen and oxygen atoms in total. The number of aromatic nitrogens is 2. The lowest BCUT2D eigenvalue weighted by molar-refractivity contribution is 0.260. The molecule has 0 bridgehead atoms. The molecule has 1 aromatic carbocycles. The molecule has 0 radical (unpaired) electrons. The van der Waals surface area contributed by atoms with E-state index in [9.17, 15) is 4.39 Å². The maximum Gasteiger partial charge on any atom is 0.225 e. The normalized spacial score (nSPS) is 18.3. The van der Waals surface area contributed by atoms with Crippen LogP contribution in [0.5, 0.6) is 0 Å². The van der Waals surface area contributed by atoms with E-state index in [1.807, 2.05) is 18.2 Å². The van der Waals surface area contributed by atoms with E-state index in [0.29, 0.717) is 6.54 Å². The first-order chi connectivity index (χ1) is 14.7. The predicted molar refractivity (Wildman–Crippen MR) is 133 cm³/mol. The molecule has 1 aliphatic carbocycles. The van der Waals surface area contributed by atoms with Crippen LogP contribution in [0.4, 0.5) is 10.3 Å². The van der Waals surface area contributed by atoms with Gasteiger partial charge in [0.25, 0.3) is 0 Å². The Bertz CT molecular complexity index is 852. The number of rotatable bonds is 7. The van der Waals surface area contributed by atoms with Gasteiger partial charge in [-0.25, -0.2) is 14.4 Å². The average Bonchev–Trinajstić information content (AvgIpc) is 3.58. The van der Waals surface area contributed by atoms with Gasteiger partial charge >= 0.3 is 0 Å². The van der Waals surface area contributed by atoms with Crippen LogP contribution in [0.15, 0.2) is 47.7 Å². The highest BCUT2D eigenvalue weighted by Gasteiger charge is 2.45. The quantitative estimate of drug-likeness (QED) is 0.320. The van der Waals surface area contributed by atoms with Gasteiger partial charge in [0.05, 0.1) is 0 Å². The van der Waals surface area contributed by atoms with Crippen molar-refractivity contribution in [3.05, 3.63) is 54.1 Å². The SMILES string of the molecule is CN=C(NCCN1CCN(c2ncccn2)CC1)NCC1(c2ccccc2F)CC1.I. The van der Waals surface area contributed by atoms with Crippen molar-refractivity contribution >= 4 is 35.9 Å². The van der Waals surface area contributed by atoms with E-state index in [1.54, 1.807) is 31.6 Å². The lowest BCUT2D eigenvalue weighted by atomic mass is 9.95. The van der Waals surface area contributed by atoms with Crippen molar-refractivity contribution in [2.45, 2.75) is 18.3 Å². The molecule has 9 heteroatoms. The van der Waals surface area contributed by atoms with Gasteiger partial charge in [0, 0.05) is 70.7 Å². The summed E-state index contributed by atoms with van der Waals surface area (Å²) in [6.45, 7) is 6.30. The Morgan fingerprint density at radius 2 is 1.77 bits per heavy atom. The zero-order chi connectivity index (χ0) is 20.8. The number of benzene rings is 1. The van der Waals surface area contributed by atoms with E-state index in [4.69, 9.17) is 0 Å². The van der Waals surface area contributed by atoms with Gasteiger partial charge in [-0.1, -0.05) is 18.2 Å². The monoisotopic (exact) mass is 539 g/mol. The number of anilines is 1. The van der Waals surface area contributed by atoms with E-state index < -0.39 is 0 Å². The smallest absolute Gasteiger partial charge is 0.225 e. The van der Waals surface area contributed by atoms with Crippen LogP contribution in [0.2, 0.25) is 0 Å². The highest BCUT2D eigenvalue weighted by molar-refractivity contribution is 14.0. The summed E-state index contributed by atoms with van der Waals surface area (Å²) >= 11 is 0. The number of nitrogens with one attached hydrogen (secondary N) is 2. The summed E-state index contributed by atoms with van der Waals surface area (Å²) in [7, 11) is 1.77. The van der Waals surface area contributed by atoms with Crippen LogP contribution >= 0.6 is 24.0 Å². The van der Waals surface area contributed by atoms with Gasteiger partial charge in [0.15, 0.2) is 5.96 Å². The van der Waals surface area contributed by atoms with Gasteiger partial charge in [0.2, 0.25) is 5.95 Å². The number of guanidine groups is 1. The highest BCUT2D eigenvalue weighted by atomic mass is 127. The first-order valence-electron chi connectivity index (χ1n) is 10.6. The van der Waals surface area contributed by atoms with Crippen molar-refractivity contribution in [3.8, 4) is 0 Å². The van der Waals surface area contributed by atoms with E-state index >= 15 is 0 Å². The van der Waals surface area contributed by atoms with E-state index in [1.165, 1.54) is 0 Å². The second-order valence-corrected chi connectivity index (χ2v) is 7.99. The number of halogens is 2. The molecule has 1 saturated carbocycles. The Labute approximate surface area is 200 Å². The van der Waals surface area contributed by atoms with Crippen LogP contribution in [0, 0.1) is 5.82 Å². The van der Waals surface area contributed by atoms with E-state index in [0.717, 1.165) is 69.6 Å². The third-order valence-electron chi connectivity index (χ3n) is 6.04. The minimum atomic E-state index is -0.111. The Morgan fingerprint density at radius 3 is 2.42 bits per heavy atom. The zero-order valence-corrected chi connectivity index (χ0v) is 20.3. The lowest BCUT2D eigenvalue weighted by Crippen LogP contribution is -2.50. The van der Waals surface area contributed by atoms with Crippen LogP contribution in [0.1, 0.15) is 18.4 Å². The number of piperazine rings is 1. The summed E-state index contributed by atoms with van der Waals surface area (Å²) in [5.74, 6) is 1.47. The largest absolute Gasteiger partial charge is 0.356 e. The summed E-state index contributed by atoms with van der Waals surface area (Å²) in [5, 5.41) is 6.78. The fourth-order valence-electron chi connectivity index (χ4n) is 4.02. The number of nitrogens with zero attached hydrogens (tertiary/aromatic N) is 5. The molecular weight excluding hydrogens is 508 g/mol. The van der Waals surface area contributed by atoms with Gasteiger partial charge in [0.1, 0.15) is 5.82 Å². The molecule has 168 valence electrons. The first-order valence-corrected chi connectivity index (χ1v) is 10.6. The van der Waals surface area contributed by atoms with Gasteiger partial charge in [-0.15, -0.1) is 24.0 Å². The van der Waals surface area contributed by atoms with Crippen molar-refractivity contribution < 1.29 is 4.39 Å². The van der Waals surface area contributed by atoms with Crippen molar-refractivity contribution in [2.24, 2.45) is 4.99 Å². The lowest BCUT2D eigenvalue weighted by Gasteiger charge is -2.34. The zero-order valence-electron chi connectivity index (χ0n) is 17.9. The topological polar surface area (TPSA) is 68.7 Å². The third kappa shape index (κ3) is 6.03. The van der Waals surface area contributed by atoms with Crippen LogP contribution < -0.4 is 15.5 Å². The molecule has 2 N–H and O–H groups in total. The molecule has 2 aliphatic rings. The Hall–Kier alpha value is -2.01. The molecule has 2 heterocycles. The summed E-state index contributed by atoms with van der Waals surface area (Å²) < 4.78 is 14.2. The molecule has 2 fully saturated rings. The number of hydrogen-bond acceptors (Lipinski definition) is 5. The molecule has 0 unspecified atom stereocenters. The molecule has 0 spiro atoms. The van der Waals surface area contributed by atoms with Crippen LogP contribution in [-0.2, 0) is 5.41 Å². The minimum absolute atomic E-state index is 0. The second kappa shape index (κ2) is 11.0. The summed E-state index contributed by atoms with van der Waals surface area (Å²) in [6, 6.07) is 8.95. The van der Waals surface area contributed by atoms with E-state index in [2.05, 4.69) is 35.4 Å². The van der Waals surface area contributed by atoms with Gasteiger partial charge in [-0.2, -0.15) is 0 Å². The summed E-state index contributed by atoms with van der Waals surface area (Å²) in [4.78, 5) is 17.6. The Balaban J connectivity index is 0.00000272. The van der Waals surface area contributed by atoms with Crippen LogP contribution in [-0.4, -0.2) is 73.7 Å². The maximum absolute atomic E-state index is 14.2. The van der Waals surface area contributed by atoms with Gasteiger partial charge in [-0.05, 0) is 30.5 Å². The van der Waals surface area contributed by atoms with Crippen LogP contribution in [0.3, 0.4) is 0 Å². The molecule has 1 saturated heterocycles. The summed E-state index contributed by atoms with van der Waals surface area (Å²) in [5.41, 5.74) is 0.715. The molecular formula is C22H31FIN7. The number of aliphatic imine (C=N–C) groups is 1. The van der Waals surface area contributed by atoms with Crippen molar-refractivity contribution in [1.82, 2.24) is 25.5 Å². The molecule has 2 aromatic rings. The van der Waals surface area contributed by atoms with E-state index in [-0.39, 0.29) is 35.2 Å². The number of hydrogen-bond donors (Lipinski definition) is 2. The average molecular weight is 539 g/mol. The predicted octanol–water partition coefficient (Wildman–Crippen LogP) is 2.25. The summed E-state index contributed by atoms with van der Waals surface area (Å²) in [6.07, 6.45) is 5.59. The fraction of sp³-hybridized carbons (Fsp3) is 0.500. The maximum atomic E-state index is 14.2. The highest BCUT2D eigenvalue weighted by Crippen LogP contribution is 2.48. The second-order valence-electron chi connectivity index (χ2n) is 7.99. The Morgan fingerprint density at radius 1 is 1.06 bits per heavy atom. The van der Waals surface area contributed by atoms with Crippen molar-refractivity contribution in [2.75, 3.05) is 57.8 Å². The molecule has 1 aromatic heterocycles. The van der Waals surface area contributed by atoms with Crippen molar-refractivity contribution in [3.63, 3.8) is 0 Å². The Kier molecular flexibility index (Phi) is 8.42. The van der Waals surface area contributed by atoms with Gasteiger partial charge in [-0.3, -0.25) is 9.89 Å². The standard InChI is InChI=1S/C22H30FN7.HI/c1-24-20(28-17-22(7-8-22)18-5-2-3-6-19(18)23)25-11-12-29-13-15-30(16-14-29)21-26-9-4-10-27-21;/h2-6,9-10H,7-8,11-17H2,1H3,(H2,24,25,28);1H. The molecule has 31 heavy (non-hydrogen) atoms. The molecule has 0 atom stereocenters. The first kappa shape index (κ1) is 23.6.